The second-order valence-electron chi connectivity index (χ2n) is 6.05. The molecule has 26 heavy (non-hydrogen) atoms. The monoisotopic (exact) mass is 385 g/mol. The lowest BCUT2D eigenvalue weighted by molar-refractivity contribution is -0.242. The summed E-state index contributed by atoms with van der Waals surface area (Å²) < 4.78 is 44.3. The minimum absolute atomic E-state index is 0.0301. The number of carbonyl (C=O) groups is 2. The number of halogens is 3. The van der Waals surface area contributed by atoms with E-state index in [9.17, 15) is 27.9 Å². The molecule has 1 amide bonds. The van der Waals surface area contributed by atoms with E-state index in [-0.39, 0.29) is 23.6 Å². The molecule has 1 atom stereocenters. The maximum absolute atomic E-state index is 12.9. The number of alkyl halides is 3. The summed E-state index contributed by atoms with van der Waals surface area (Å²) in [6.45, 7) is 2.17. The quantitative estimate of drug-likeness (QED) is 0.831. The predicted molar refractivity (Wildman–Crippen MR) is 88.6 cm³/mol. The maximum Gasteiger partial charge on any atom is 0.426 e. The van der Waals surface area contributed by atoms with E-state index in [2.05, 4.69) is 0 Å². The van der Waals surface area contributed by atoms with Gasteiger partial charge in [-0.25, -0.2) is 0 Å². The van der Waals surface area contributed by atoms with E-state index in [4.69, 9.17) is 4.74 Å². The fraction of sp³-hybridized carbons (Fsp3) is 0.294. The lowest BCUT2D eigenvalue weighted by Crippen LogP contribution is -2.52. The molecule has 2 N–H and O–H groups in total. The summed E-state index contributed by atoms with van der Waals surface area (Å²) in [5, 5.41) is 13.3. The minimum Gasteiger partial charge on any atom is -0.488 e. The first kappa shape index (κ1) is 18.4. The normalized spacial score (nSPS) is 16.0. The molecular weight excluding hydrogens is 371 g/mol. The predicted octanol–water partition coefficient (Wildman–Crippen LogP) is 3.43. The zero-order valence-corrected chi connectivity index (χ0v) is 14.5. The summed E-state index contributed by atoms with van der Waals surface area (Å²) >= 11 is 1.18. The maximum atomic E-state index is 12.9. The van der Waals surface area contributed by atoms with Gasteiger partial charge in [-0.1, -0.05) is 6.07 Å². The van der Waals surface area contributed by atoms with Crippen molar-refractivity contribution in [2.45, 2.75) is 32.2 Å². The fourth-order valence-corrected chi connectivity index (χ4v) is 3.34. The van der Waals surface area contributed by atoms with Crippen LogP contribution in [0.15, 0.2) is 23.6 Å². The van der Waals surface area contributed by atoms with E-state index in [1.165, 1.54) is 23.5 Å². The third kappa shape index (κ3) is 2.86. The number of amides is 1. The van der Waals surface area contributed by atoms with Crippen molar-refractivity contribution in [3.05, 3.63) is 45.1 Å². The van der Waals surface area contributed by atoms with Gasteiger partial charge in [0.05, 0.1) is 16.1 Å². The number of aliphatic hydroxyl groups is 1. The molecular formula is C17H14F3NO4S. The first-order valence-corrected chi connectivity index (χ1v) is 8.40. The summed E-state index contributed by atoms with van der Waals surface area (Å²) in [7, 11) is 0. The van der Waals surface area contributed by atoms with E-state index >= 15 is 0 Å². The summed E-state index contributed by atoms with van der Waals surface area (Å²) in [4.78, 5) is 25.3. The van der Waals surface area contributed by atoms with Crippen molar-refractivity contribution in [2.24, 2.45) is 0 Å². The Morgan fingerprint density at radius 2 is 2.00 bits per heavy atom. The van der Waals surface area contributed by atoms with Crippen molar-refractivity contribution in [2.75, 3.05) is 5.32 Å². The van der Waals surface area contributed by atoms with Crippen LogP contribution in [0, 0.1) is 6.92 Å². The van der Waals surface area contributed by atoms with Crippen LogP contribution in [0.3, 0.4) is 0 Å². The zero-order chi connectivity index (χ0) is 19.3. The number of ether oxygens (including phenoxy) is 1. The van der Waals surface area contributed by atoms with Gasteiger partial charge < -0.3 is 15.2 Å². The Kier molecular flexibility index (Phi) is 4.32. The molecule has 0 saturated heterocycles. The van der Waals surface area contributed by atoms with Gasteiger partial charge in [-0.3, -0.25) is 9.59 Å². The molecule has 5 nitrogen and oxygen atoms in total. The van der Waals surface area contributed by atoms with Gasteiger partial charge in [0.25, 0.3) is 5.91 Å². The number of hydrogen-bond acceptors (Lipinski definition) is 5. The molecule has 0 spiro atoms. The van der Waals surface area contributed by atoms with Gasteiger partial charge in [0.15, 0.2) is 0 Å². The summed E-state index contributed by atoms with van der Waals surface area (Å²) in [6, 6.07) is 4.56. The van der Waals surface area contributed by atoms with E-state index < -0.39 is 23.5 Å². The number of carbonyl (C=O) groups excluding carboxylic acids is 2. The van der Waals surface area contributed by atoms with Crippen molar-refractivity contribution in [1.29, 1.82) is 0 Å². The summed E-state index contributed by atoms with van der Waals surface area (Å²) in [5.74, 6) is -1.93. The molecule has 1 unspecified atom stereocenters. The number of ketones is 1. The highest BCUT2D eigenvalue weighted by Gasteiger charge is 2.56. The molecule has 0 radical (unpaired) electrons. The fourth-order valence-electron chi connectivity index (χ4n) is 2.49. The largest absolute Gasteiger partial charge is 0.488 e. The van der Waals surface area contributed by atoms with Crippen molar-refractivity contribution in [3.8, 4) is 5.75 Å². The molecule has 138 valence electrons. The molecule has 0 saturated carbocycles. The van der Waals surface area contributed by atoms with Crippen LogP contribution in [-0.2, 0) is 11.4 Å². The number of rotatable bonds is 2. The lowest BCUT2D eigenvalue weighted by atomic mass is 10.00. The Morgan fingerprint density at radius 1 is 1.31 bits per heavy atom. The average molecular weight is 385 g/mol. The first-order chi connectivity index (χ1) is 12.0. The van der Waals surface area contributed by atoms with Crippen molar-refractivity contribution < 1.29 is 32.6 Å². The number of hydrogen-bond donors (Lipinski definition) is 2. The van der Waals surface area contributed by atoms with Crippen LogP contribution in [0.5, 0.6) is 5.75 Å². The molecule has 1 aromatic heterocycles. The van der Waals surface area contributed by atoms with Crippen molar-refractivity contribution >= 4 is 28.7 Å². The first-order valence-electron chi connectivity index (χ1n) is 7.52. The Hall–Kier alpha value is -2.39. The third-order valence-electron chi connectivity index (χ3n) is 4.15. The van der Waals surface area contributed by atoms with Crippen LogP contribution < -0.4 is 10.1 Å². The van der Waals surface area contributed by atoms with Gasteiger partial charge in [-0.15, -0.1) is 11.3 Å². The Bertz CT molecular complexity index is 902. The summed E-state index contributed by atoms with van der Waals surface area (Å²) in [5.41, 5.74) is -2.52. The van der Waals surface area contributed by atoms with E-state index in [0.29, 0.717) is 22.9 Å². The van der Waals surface area contributed by atoms with Gasteiger partial charge in [0.1, 0.15) is 12.4 Å². The standard InChI is InChI=1S/C17H14F3NO4S/c1-8-3-4-10(21-15(23)16(2,24)17(18,19)20)11-12(22)14-9(5-6-26-14)7-25-13(8)11/h3-6,24H,7H2,1-2H3,(H,21,23). The van der Waals surface area contributed by atoms with Crippen molar-refractivity contribution in [3.63, 3.8) is 0 Å². The van der Waals surface area contributed by atoms with Crippen LogP contribution in [0.1, 0.15) is 33.3 Å². The Balaban J connectivity index is 2.07. The second-order valence-corrected chi connectivity index (χ2v) is 6.97. The third-order valence-corrected chi connectivity index (χ3v) is 5.10. The van der Waals surface area contributed by atoms with Crippen molar-refractivity contribution in [1.82, 2.24) is 0 Å². The Labute approximate surface area is 150 Å². The number of anilines is 1. The molecule has 3 rings (SSSR count). The average Bonchev–Trinajstić information content (AvgIpc) is 2.96. The highest BCUT2D eigenvalue weighted by atomic mass is 32.1. The molecule has 0 fully saturated rings. The molecule has 2 heterocycles. The van der Waals surface area contributed by atoms with Crippen LogP contribution in [0.4, 0.5) is 18.9 Å². The number of benzene rings is 1. The molecule has 0 bridgehead atoms. The number of aryl methyl sites for hydroxylation is 1. The van der Waals surface area contributed by atoms with Crippen LogP contribution in [0.25, 0.3) is 0 Å². The number of fused-ring (bicyclic) bond motifs is 2. The Morgan fingerprint density at radius 3 is 2.65 bits per heavy atom. The minimum atomic E-state index is -5.17. The highest BCUT2D eigenvalue weighted by molar-refractivity contribution is 7.12. The molecule has 1 aliphatic rings. The molecule has 0 aliphatic carbocycles. The smallest absolute Gasteiger partial charge is 0.426 e. The number of nitrogens with one attached hydrogen (secondary N) is 1. The van der Waals surface area contributed by atoms with Crippen LogP contribution in [0.2, 0.25) is 0 Å². The van der Waals surface area contributed by atoms with Crippen LogP contribution >= 0.6 is 11.3 Å². The second kappa shape index (κ2) is 6.10. The SMILES string of the molecule is Cc1ccc(NC(=O)C(C)(O)C(F)(F)F)c2c1OCc1ccsc1C2=O. The van der Waals surface area contributed by atoms with Gasteiger partial charge >= 0.3 is 6.18 Å². The van der Waals surface area contributed by atoms with E-state index in [1.807, 2.05) is 5.32 Å². The van der Waals surface area contributed by atoms with Crippen LogP contribution in [-0.4, -0.2) is 28.6 Å². The lowest BCUT2D eigenvalue weighted by Gasteiger charge is -2.25. The van der Waals surface area contributed by atoms with Gasteiger partial charge in [0.2, 0.25) is 11.4 Å². The van der Waals surface area contributed by atoms with Gasteiger partial charge in [-0.2, -0.15) is 13.2 Å². The molecule has 9 heteroatoms. The van der Waals surface area contributed by atoms with E-state index in [1.54, 1.807) is 18.4 Å². The topological polar surface area (TPSA) is 75.6 Å². The van der Waals surface area contributed by atoms with Gasteiger partial charge in [-0.05, 0) is 36.9 Å². The highest BCUT2D eigenvalue weighted by Crippen LogP contribution is 2.39. The van der Waals surface area contributed by atoms with E-state index in [0.717, 1.165) is 0 Å². The number of thiophene rings is 1. The van der Waals surface area contributed by atoms with Gasteiger partial charge in [0, 0.05) is 5.56 Å². The molecule has 1 aliphatic heterocycles. The molecule has 2 aromatic rings. The molecule has 1 aromatic carbocycles. The summed E-state index contributed by atoms with van der Waals surface area (Å²) in [6.07, 6.45) is -5.17. The zero-order valence-electron chi connectivity index (χ0n) is 13.7.